The molecule has 1 amide bonds. The van der Waals surface area contributed by atoms with Gasteiger partial charge in [0.15, 0.2) is 0 Å². The molecule has 2 aliphatic heterocycles. The summed E-state index contributed by atoms with van der Waals surface area (Å²) in [6.45, 7) is 2.38. The first kappa shape index (κ1) is 17.7. The maximum absolute atomic E-state index is 12.7. The van der Waals surface area contributed by atoms with Crippen LogP contribution in [-0.4, -0.2) is 30.2 Å². The fourth-order valence-electron chi connectivity index (χ4n) is 4.17. The Morgan fingerprint density at radius 2 is 1.96 bits per heavy atom. The van der Waals surface area contributed by atoms with Crippen molar-refractivity contribution in [3.63, 3.8) is 0 Å². The topological polar surface area (TPSA) is 38.8 Å². The molecule has 0 aromatic heterocycles. The van der Waals surface area contributed by atoms with E-state index in [-0.39, 0.29) is 18.2 Å². The number of benzene rings is 2. The van der Waals surface area contributed by atoms with Gasteiger partial charge in [0.25, 0.3) is 0 Å². The molecular weight excluding hydrogens is 338 g/mol. The molecule has 2 unspecified atom stereocenters. The molecule has 2 aliphatic rings. The third-order valence-electron chi connectivity index (χ3n) is 5.51. The van der Waals surface area contributed by atoms with Crippen LogP contribution in [0.5, 0.6) is 5.75 Å². The molecule has 2 aromatic rings. The number of hydrogen-bond acceptors (Lipinski definition) is 3. The molecule has 0 radical (unpaired) electrons. The number of fused-ring (bicyclic) bond motifs is 2. The van der Waals surface area contributed by atoms with Crippen LogP contribution < -0.4 is 4.74 Å². The summed E-state index contributed by atoms with van der Waals surface area (Å²) in [4.78, 5) is 14.6. The van der Waals surface area contributed by atoms with Gasteiger partial charge in [0.05, 0.1) is 13.2 Å². The number of methoxy groups -OCH3 is 1. The quantitative estimate of drug-likeness (QED) is 0.771. The molecule has 0 aliphatic carbocycles. The maximum Gasteiger partial charge on any atom is 0.410 e. The zero-order valence-corrected chi connectivity index (χ0v) is 15.9. The second-order valence-corrected chi connectivity index (χ2v) is 7.35. The van der Waals surface area contributed by atoms with Gasteiger partial charge in [0, 0.05) is 11.6 Å². The van der Waals surface area contributed by atoms with Crippen LogP contribution in [0.3, 0.4) is 0 Å². The number of carbonyl (C=O) groups is 1. The number of ether oxygens (including phenoxy) is 2. The number of nitrogens with zero attached hydrogens (tertiary/aromatic N) is 1. The second kappa shape index (κ2) is 7.47. The highest BCUT2D eigenvalue weighted by Gasteiger charge is 2.41. The summed E-state index contributed by atoms with van der Waals surface area (Å²) >= 11 is 0. The lowest BCUT2D eigenvalue weighted by Gasteiger charge is -2.33. The zero-order chi connectivity index (χ0) is 18.8. The summed E-state index contributed by atoms with van der Waals surface area (Å²) in [6.07, 6.45) is 4.86. The number of rotatable bonds is 4. The van der Waals surface area contributed by atoms with Gasteiger partial charge in [-0.15, -0.1) is 0 Å². The number of hydrogen-bond donors (Lipinski definition) is 0. The lowest BCUT2D eigenvalue weighted by molar-refractivity contribution is 0.0832. The minimum absolute atomic E-state index is 0.105. The Bertz CT molecular complexity index is 859. The second-order valence-electron chi connectivity index (χ2n) is 7.35. The summed E-state index contributed by atoms with van der Waals surface area (Å²) in [7, 11) is 1.71. The van der Waals surface area contributed by atoms with Gasteiger partial charge < -0.3 is 9.47 Å². The third-order valence-corrected chi connectivity index (χ3v) is 5.51. The first-order chi connectivity index (χ1) is 13.2. The van der Waals surface area contributed by atoms with Crippen molar-refractivity contribution in [3.05, 3.63) is 71.3 Å². The van der Waals surface area contributed by atoms with Crippen molar-refractivity contribution in [2.24, 2.45) is 0 Å². The van der Waals surface area contributed by atoms with E-state index >= 15 is 0 Å². The molecule has 1 fully saturated rings. The van der Waals surface area contributed by atoms with E-state index < -0.39 is 0 Å². The van der Waals surface area contributed by atoms with Gasteiger partial charge in [-0.3, -0.25) is 4.90 Å². The van der Waals surface area contributed by atoms with Gasteiger partial charge >= 0.3 is 6.09 Å². The smallest absolute Gasteiger partial charge is 0.410 e. The van der Waals surface area contributed by atoms with Crippen molar-refractivity contribution < 1.29 is 14.3 Å². The van der Waals surface area contributed by atoms with E-state index in [0.717, 1.165) is 36.1 Å². The first-order valence-corrected chi connectivity index (χ1v) is 9.50. The Morgan fingerprint density at radius 1 is 1.15 bits per heavy atom. The predicted molar refractivity (Wildman–Crippen MR) is 106 cm³/mol. The third kappa shape index (κ3) is 3.57. The molecule has 2 heterocycles. The van der Waals surface area contributed by atoms with E-state index in [2.05, 4.69) is 31.2 Å². The molecule has 4 rings (SSSR count). The normalized spacial score (nSPS) is 21.0. The summed E-state index contributed by atoms with van der Waals surface area (Å²) in [5.41, 5.74) is 4.60. The van der Waals surface area contributed by atoms with Crippen LogP contribution in [0, 0.1) is 6.92 Å². The molecular formula is C23H25NO3. The molecule has 1 saturated heterocycles. The summed E-state index contributed by atoms with van der Waals surface area (Å²) < 4.78 is 11.2. The van der Waals surface area contributed by atoms with Crippen molar-refractivity contribution in [2.75, 3.05) is 7.11 Å². The Balaban J connectivity index is 1.50. The molecule has 27 heavy (non-hydrogen) atoms. The molecule has 0 saturated carbocycles. The highest BCUT2D eigenvalue weighted by molar-refractivity contribution is 5.77. The molecule has 4 heteroatoms. The molecule has 0 spiro atoms. The Kier molecular flexibility index (Phi) is 4.88. The fourth-order valence-corrected chi connectivity index (χ4v) is 4.17. The van der Waals surface area contributed by atoms with Gasteiger partial charge in [-0.25, -0.2) is 4.79 Å². The zero-order valence-electron chi connectivity index (χ0n) is 15.9. The molecule has 0 N–H and O–H groups in total. The minimum Gasteiger partial charge on any atom is -0.496 e. The Labute approximate surface area is 160 Å². The number of carbonyl (C=O) groups excluding carboxylic acids is 1. The Morgan fingerprint density at radius 3 is 2.70 bits per heavy atom. The van der Waals surface area contributed by atoms with Gasteiger partial charge in [0.2, 0.25) is 0 Å². The lowest BCUT2D eigenvalue weighted by atomic mass is 9.93. The summed E-state index contributed by atoms with van der Waals surface area (Å²) in [6, 6.07) is 16.4. The van der Waals surface area contributed by atoms with Gasteiger partial charge in [0.1, 0.15) is 12.4 Å². The van der Waals surface area contributed by atoms with Crippen molar-refractivity contribution >= 4 is 11.7 Å². The summed E-state index contributed by atoms with van der Waals surface area (Å²) in [5, 5.41) is 0. The van der Waals surface area contributed by atoms with Crippen LogP contribution in [0.4, 0.5) is 4.79 Å². The average molecular weight is 363 g/mol. The van der Waals surface area contributed by atoms with Gasteiger partial charge in [-0.05, 0) is 49.0 Å². The number of amides is 1. The fraction of sp³-hybridized carbons (Fsp3) is 0.348. The largest absolute Gasteiger partial charge is 0.496 e. The van der Waals surface area contributed by atoms with Gasteiger partial charge in [-0.2, -0.15) is 0 Å². The maximum atomic E-state index is 12.7. The monoisotopic (exact) mass is 363 g/mol. The van der Waals surface area contributed by atoms with Crippen molar-refractivity contribution in [3.8, 4) is 5.75 Å². The molecule has 140 valence electrons. The lowest BCUT2D eigenvalue weighted by Crippen LogP contribution is -2.43. The highest BCUT2D eigenvalue weighted by Crippen LogP contribution is 2.41. The van der Waals surface area contributed by atoms with Crippen molar-refractivity contribution in [2.45, 2.75) is 44.9 Å². The highest BCUT2D eigenvalue weighted by atomic mass is 16.6. The van der Waals surface area contributed by atoms with Crippen LogP contribution in [0.25, 0.3) is 5.57 Å². The minimum atomic E-state index is -0.211. The number of aryl methyl sites for hydroxylation is 1. The van der Waals surface area contributed by atoms with E-state index in [1.165, 1.54) is 11.1 Å². The molecule has 2 atom stereocenters. The Hall–Kier alpha value is -2.75. The van der Waals surface area contributed by atoms with Crippen molar-refractivity contribution in [1.29, 1.82) is 0 Å². The van der Waals surface area contributed by atoms with Crippen LogP contribution >= 0.6 is 0 Å². The van der Waals surface area contributed by atoms with E-state index in [0.29, 0.717) is 6.61 Å². The van der Waals surface area contributed by atoms with E-state index in [4.69, 9.17) is 9.47 Å². The molecule has 2 bridgehead atoms. The average Bonchev–Trinajstić information content (AvgIpc) is 2.96. The predicted octanol–water partition coefficient (Wildman–Crippen LogP) is 4.96. The van der Waals surface area contributed by atoms with Crippen LogP contribution in [0.15, 0.2) is 54.6 Å². The SMILES string of the molecule is COc1cc(C)ccc1C1=CC2CCC(C1)N2C(=O)OCc1ccccc1. The van der Waals surface area contributed by atoms with Crippen LogP contribution in [0.1, 0.15) is 36.0 Å². The van der Waals surface area contributed by atoms with E-state index in [1.807, 2.05) is 35.2 Å². The first-order valence-electron chi connectivity index (χ1n) is 9.50. The van der Waals surface area contributed by atoms with Crippen LogP contribution in [-0.2, 0) is 11.3 Å². The van der Waals surface area contributed by atoms with E-state index in [1.54, 1.807) is 7.11 Å². The van der Waals surface area contributed by atoms with Crippen LogP contribution in [0.2, 0.25) is 0 Å². The van der Waals surface area contributed by atoms with Gasteiger partial charge in [-0.1, -0.05) is 48.5 Å². The van der Waals surface area contributed by atoms with Crippen molar-refractivity contribution in [1.82, 2.24) is 4.90 Å². The molecule has 2 aromatic carbocycles. The standard InChI is InChI=1S/C23H25NO3/c1-16-8-11-21(22(12-16)26-2)18-13-19-9-10-20(14-18)24(19)23(25)27-15-17-6-4-3-5-7-17/h3-8,11-13,19-20H,9-10,14-15H2,1-2H3. The molecule has 4 nitrogen and oxygen atoms in total. The van der Waals surface area contributed by atoms with E-state index in [9.17, 15) is 4.79 Å². The summed E-state index contributed by atoms with van der Waals surface area (Å²) in [5.74, 6) is 0.903.